The molecule has 0 saturated carbocycles. The molecule has 0 spiro atoms. The first-order valence-corrected chi connectivity index (χ1v) is 7.56. The number of rotatable bonds is 6. The van der Waals surface area contributed by atoms with E-state index in [0.717, 1.165) is 28.1 Å². The van der Waals surface area contributed by atoms with Gasteiger partial charge in [0.2, 0.25) is 5.88 Å². The van der Waals surface area contributed by atoms with Crippen LogP contribution < -0.4 is 15.0 Å². The average molecular weight is 298 g/mol. The van der Waals surface area contributed by atoms with Gasteiger partial charge in [-0.15, -0.1) is 11.3 Å². The van der Waals surface area contributed by atoms with E-state index in [0.29, 0.717) is 5.88 Å². The second-order valence-corrected chi connectivity index (χ2v) is 6.65. The van der Waals surface area contributed by atoms with Crippen LogP contribution >= 0.6 is 22.7 Å². The van der Waals surface area contributed by atoms with Crippen LogP contribution in [-0.2, 0) is 13.1 Å². The van der Waals surface area contributed by atoms with Gasteiger partial charge in [0.15, 0.2) is 5.13 Å². The van der Waals surface area contributed by atoms with Crippen LogP contribution in [0.4, 0.5) is 5.13 Å². The Labute approximate surface area is 121 Å². The van der Waals surface area contributed by atoms with Crippen LogP contribution in [0.1, 0.15) is 14.8 Å². The Morgan fingerprint density at radius 1 is 1.32 bits per heavy atom. The van der Waals surface area contributed by atoms with Gasteiger partial charge in [-0.05, 0) is 6.92 Å². The average Bonchev–Trinajstić information content (AvgIpc) is 2.96. The van der Waals surface area contributed by atoms with Crippen molar-refractivity contribution >= 4 is 27.8 Å². The molecule has 0 aliphatic rings. The van der Waals surface area contributed by atoms with Crippen molar-refractivity contribution in [3.63, 3.8) is 0 Å². The lowest BCUT2D eigenvalue weighted by molar-refractivity contribution is 0.395. The van der Waals surface area contributed by atoms with Gasteiger partial charge in [0.1, 0.15) is 0 Å². The summed E-state index contributed by atoms with van der Waals surface area (Å²) in [6.45, 7) is 3.60. The highest BCUT2D eigenvalue weighted by molar-refractivity contribution is 7.15. The molecule has 0 fully saturated rings. The predicted molar refractivity (Wildman–Crippen MR) is 80.4 cm³/mol. The molecule has 0 unspecified atom stereocenters. The molecular weight excluding hydrogens is 280 g/mol. The predicted octanol–water partition coefficient (Wildman–Crippen LogP) is 2.27. The first-order chi connectivity index (χ1) is 9.10. The normalized spacial score (nSPS) is 10.7. The maximum Gasteiger partial charge on any atom is 0.230 e. The number of anilines is 1. The Balaban J connectivity index is 1.95. The van der Waals surface area contributed by atoms with Crippen LogP contribution in [0.2, 0.25) is 0 Å². The van der Waals surface area contributed by atoms with Crippen LogP contribution in [0.5, 0.6) is 5.88 Å². The maximum absolute atomic E-state index is 5.31. The number of hydrogen-bond acceptors (Lipinski definition) is 7. The number of nitrogens with one attached hydrogen (secondary N) is 1. The van der Waals surface area contributed by atoms with Crippen molar-refractivity contribution in [3.05, 3.63) is 21.0 Å². The third kappa shape index (κ3) is 3.65. The SMILES string of the molecule is COc1nc(N(C)C)sc1CNCc1cnc(C)s1. The molecule has 2 aromatic rings. The summed E-state index contributed by atoms with van der Waals surface area (Å²) in [7, 11) is 5.62. The maximum atomic E-state index is 5.31. The van der Waals surface area contributed by atoms with E-state index in [9.17, 15) is 0 Å². The zero-order valence-electron chi connectivity index (χ0n) is 11.6. The molecule has 0 aliphatic carbocycles. The summed E-state index contributed by atoms with van der Waals surface area (Å²) in [5, 5.41) is 5.46. The van der Waals surface area contributed by atoms with Gasteiger partial charge in [0.05, 0.1) is 17.0 Å². The molecule has 0 amide bonds. The van der Waals surface area contributed by atoms with Crippen molar-refractivity contribution in [2.75, 3.05) is 26.1 Å². The van der Waals surface area contributed by atoms with Gasteiger partial charge in [0.25, 0.3) is 0 Å². The quantitative estimate of drug-likeness (QED) is 0.886. The minimum atomic E-state index is 0.710. The van der Waals surface area contributed by atoms with E-state index in [1.165, 1.54) is 4.88 Å². The molecule has 0 aromatic carbocycles. The van der Waals surface area contributed by atoms with E-state index in [2.05, 4.69) is 15.3 Å². The Hall–Kier alpha value is -1.18. The first kappa shape index (κ1) is 14.2. The summed E-state index contributed by atoms with van der Waals surface area (Å²) in [4.78, 5) is 13.0. The van der Waals surface area contributed by atoms with Gasteiger partial charge >= 0.3 is 0 Å². The molecule has 2 aromatic heterocycles. The fourth-order valence-corrected chi connectivity index (χ4v) is 3.26. The second kappa shape index (κ2) is 6.31. The summed E-state index contributed by atoms with van der Waals surface area (Å²) < 4.78 is 5.31. The Kier molecular flexibility index (Phi) is 4.73. The minimum Gasteiger partial charge on any atom is -0.480 e. The molecule has 104 valence electrons. The highest BCUT2D eigenvalue weighted by Gasteiger charge is 2.12. The summed E-state index contributed by atoms with van der Waals surface area (Å²) >= 11 is 3.37. The zero-order valence-corrected chi connectivity index (χ0v) is 13.2. The van der Waals surface area contributed by atoms with Crippen molar-refractivity contribution in [2.24, 2.45) is 0 Å². The summed E-state index contributed by atoms with van der Waals surface area (Å²) in [6, 6.07) is 0. The molecular formula is C12H18N4OS2. The van der Waals surface area contributed by atoms with Crippen molar-refractivity contribution in [1.82, 2.24) is 15.3 Å². The van der Waals surface area contributed by atoms with E-state index in [4.69, 9.17) is 4.74 Å². The number of hydrogen-bond donors (Lipinski definition) is 1. The molecule has 2 rings (SSSR count). The van der Waals surface area contributed by atoms with Gasteiger partial charge in [0, 0.05) is 38.3 Å². The topological polar surface area (TPSA) is 50.3 Å². The van der Waals surface area contributed by atoms with Gasteiger partial charge in [-0.25, -0.2) is 4.98 Å². The van der Waals surface area contributed by atoms with Crippen LogP contribution in [0, 0.1) is 6.92 Å². The van der Waals surface area contributed by atoms with Gasteiger partial charge in [-0.2, -0.15) is 4.98 Å². The van der Waals surface area contributed by atoms with Crippen LogP contribution in [-0.4, -0.2) is 31.2 Å². The van der Waals surface area contributed by atoms with E-state index >= 15 is 0 Å². The first-order valence-electron chi connectivity index (χ1n) is 5.93. The van der Waals surface area contributed by atoms with Crippen molar-refractivity contribution in [3.8, 4) is 5.88 Å². The third-order valence-corrected chi connectivity index (χ3v) is 4.60. The number of thiazole rings is 2. The minimum absolute atomic E-state index is 0.710. The largest absolute Gasteiger partial charge is 0.480 e. The molecule has 19 heavy (non-hydrogen) atoms. The molecule has 0 saturated heterocycles. The van der Waals surface area contributed by atoms with Crippen LogP contribution in [0.15, 0.2) is 6.20 Å². The van der Waals surface area contributed by atoms with E-state index in [1.54, 1.807) is 29.8 Å². The monoisotopic (exact) mass is 298 g/mol. The number of nitrogens with zero attached hydrogens (tertiary/aromatic N) is 3. The Bertz CT molecular complexity index is 536. The molecule has 0 atom stereocenters. The lowest BCUT2D eigenvalue weighted by atomic mass is 10.4. The zero-order chi connectivity index (χ0) is 13.8. The van der Waals surface area contributed by atoms with E-state index < -0.39 is 0 Å². The van der Waals surface area contributed by atoms with E-state index in [1.807, 2.05) is 32.1 Å². The Morgan fingerprint density at radius 3 is 2.68 bits per heavy atom. The fraction of sp³-hybridized carbons (Fsp3) is 0.500. The standard InChI is InChI=1S/C12H18N4OS2/c1-8-14-6-9(18-8)5-13-7-10-11(17-4)15-12(19-10)16(2)3/h6,13H,5,7H2,1-4H3. The van der Waals surface area contributed by atoms with E-state index in [-0.39, 0.29) is 0 Å². The van der Waals surface area contributed by atoms with Crippen molar-refractivity contribution < 1.29 is 4.74 Å². The molecule has 2 heterocycles. The van der Waals surface area contributed by atoms with Crippen LogP contribution in [0.25, 0.3) is 0 Å². The highest BCUT2D eigenvalue weighted by Crippen LogP contribution is 2.30. The lowest BCUT2D eigenvalue weighted by Crippen LogP contribution is -2.11. The van der Waals surface area contributed by atoms with Crippen LogP contribution in [0.3, 0.4) is 0 Å². The molecule has 5 nitrogen and oxygen atoms in total. The molecule has 0 aliphatic heterocycles. The number of methoxy groups -OCH3 is 1. The smallest absolute Gasteiger partial charge is 0.230 e. The molecule has 0 bridgehead atoms. The molecule has 1 N–H and O–H groups in total. The Morgan fingerprint density at radius 2 is 2.11 bits per heavy atom. The fourth-order valence-electron chi connectivity index (χ4n) is 1.57. The van der Waals surface area contributed by atoms with Gasteiger partial charge in [-0.3, -0.25) is 0 Å². The lowest BCUT2D eigenvalue weighted by Gasteiger charge is -2.04. The number of aromatic nitrogens is 2. The number of aryl methyl sites for hydroxylation is 1. The molecule has 0 radical (unpaired) electrons. The van der Waals surface area contributed by atoms with Crippen molar-refractivity contribution in [1.29, 1.82) is 0 Å². The summed E-state index contributed by atoms with van der Waals surface area (Å²) in [6.07, 6.45) is 1.92. The summed E-state index contributed by atoms with van der Waals surface area (Å²) in [5.74, 6) is 0.710. The third-order valence-electron chi connectivity index (χ3n) is 2.48. The van der Waals surface area contributed by atoms with Crippen molar-refractivity contribution in [2.45, 2.75) is 20.0 Å². The number of ether oxygens (including phenoxy) is 1. The van der Waals surface area contributed by atoms with Gasteiger partial charge in [-0.1, -0.05) is 11.3 Å². The highest BCUT2D eigenvalue weighted by atomic mass is 32.1. The second-order valence-electron chi connectivity index (χ2n) is 4.27. The summed E-state index contributed by atoms with van der Waals surface area (Å²) in [5.41, 5.74) is 0. The van der Waals surface area contributed by atoms with Gasteiger partial charge < -0.3 is 15.0 Å². The molecule has 7 heteroatoms.